The van der Waals surface area contributed by atoms with Gasteiger partial charge in [0.1, 0.15) is 17.1 Å². The summed E-state index contributed by atoms with van der Waals surface area (Å²) < 4.78 is 73.8. The molecule has 1 aliphatic rings. The average molecular weight is 473 g/mol. The number of aromatic amines is 1. The number of carbonyl (C=O) groups is 1. The van der Waals surface area contributed by atoms with E-state index in [9.17, 15) is 31.5 Å². The van der Waals surface area contributed by atoms with Crippen molar-refractivity contribution in [3.05, 3.63) is 44.9 Å². The van der Waals surface area contributed by atoms with Gasteiger partial charge in [0.05, 0.1) is 12.3 Å². The predicted octanol–water partition coefficient (Wildman–Crippen LogP) is 4.87. The summed E-state index contributed by atoms with van der Waals surface area (Å²) in [6.07, 6.45) is -5.69. The van der Waals surface area contributed by atoms with Crippen LogP contribution in [0, 0.1) is 13.8 Å². The van der Waals surface area contributed by atoms with Gasteiger partial charge in [0, 0.05) is 43.3 Å². The lowest BCUT2D eigenvalue weighted by Gasteiger charge is -2.26. The van der Waals surface area contributed by atoms with E-state index < -0.39 is 42.0 Å². The molecule has 0 amide bonds. The largest absolute Gasteiger partial charge is 0.462 e. The van der Waals surface area contributed by atoms with E-state index in [1.807, 2.05) is 0 Å². The highest BCUT2D eigenvalue weighted by molar-refractivity contribution is 5.97. The van der Waals surface area contributed by atoms with E-state index in [0.717, 1.165) is 0 Å². The summed E-state index contributed by atoms with van der Waals surface area (Å²) >= 11 is 0. The molecule has 0 bridgehead atoms. The monoisotopic (exact) mass is 473 g/mol. The van der Waals surface area contributed by atoms with E-state index >= 15 is 0 Å². The number of halogens is 5. The first-order valence-electron chi connectivity index (χ1n) is 10.5. The molecule has 1 saturated heterocycles. The van der Waals surface area contributed by atoms with Crippen LogP contribution in [0.3, 0.4) is 0 Å². The van der Waals surface area contributed by atoms with Crippen LogP contribution in [0.15, 0.2) is 16.9 Å². The summed E-state index contributed by atoms with van der Waals surface area (Å²) in [7, 11) is 0. The number of H-pyrrole nitrogens is 1. The summed E-state index contributed by atoms with van der Waals surface area (Å²) in [5, 5.41) is 0. The zero-order chi connectivity index (χ0) is 24.6. The van der Waals surface area contributed by atoms with Crippen molar-refractivity contribution in [1.82, 2.24) is 9.97 Å². The highest BCUT2D eigenvalue weighted by Crippen LogP contribution is 2.39. The molecule has 180 valence electrons. The number of hydrogen-bond acceptors (Lipinski definition) is 5. The maximum atomic E-state index is 13.9. The van der Waals surface area contributed by atoms with Crippen LogP contribution in [-0.4, -0.2) is 41.6 Å². The second-order valence-electron chi connectivity index (χ2n) is 8.01. The summed E-state index contributed by atoms with van der Waals surface area (Å²) in [6.45, 7) is 4.09. The van der Waals surface area contributed by atoms with Gasteiger partial charge in [0.25, 0.3) is 0 Å². The molecule has 33 heavy (non-hydrogen) atoms. The Hall–Kier alpha value is -2.98. The third-order valence-corrected chi connectivity index (χ3v) is 5.39. The van der Waals surface area contributed by atoms with Crippen molar-refractivity contribution >= 4 is 11.8 Å². The molecular formula is C22H24F5N3O3. The van der Waals surface area contributed by atoms with Gasteiger partial charge >= 0.3 is 12.1 Å². The number of aryl methyl sites for hydroxylation is 2. The van der Waals surface area contributed by atoms with E-state index in [-0.39, 0.29) is 54.3 Å². The molecule has 0 atom stereocenters. The zero-order valence-corrected chi connectivity index (χ0v) is 18.4. The molecule has 0 radical (unpaired) electrons. The molecule has 1 N–H and O–H groups in total. The lowest BCUT2D eigenvalue weighted by Crippen LogP contribution is -2.29. The molecule has 3 heterocycles. The Labute approximate surface area is 186 Å². The Morgan fingerprint density at radius 1 is 1.21 bits per heavy atom. The Morgan fingerprint density at radius 2 is 1.91 bits per heavy atom. The van der Waals surface area contributed by atoms with Crippen LogP contribution in [0.4, 0.5) is 27.8 Å². The zero-order valence-electron chi connectivity index (χ0n) is 18.4. The van der Waals surface area contributed by atoms with E-state index in [1.165, 1.54) is 24.0 Å². The third kappa shape index (κ3) is 5.33. The van der Waals surface area contributed by atoms with Crippen LogP contribution < -0.4 is 10.3 Å². The minimum atomic E-state index is -4.78. The fourth-order valence-corrected chi connectivity index (χ4v) is 3.89. The highest BCUT2D eigenvalue weighted by Gasteiger charge is 2.38. The number of anilines is 1. The fraction of sp³-hybridized carbons (Fsp3) is 0.500. The number of nitrogens with one attached hydrogen (secondary N) is 1. The summed E-state index contributed by atoms with van der Waals surface area (Å²) in [5.41, 5.74) is -2.13. The van der Waals surface area contributed by atoms with E-state index in [0.29, 0.717) is 5.69 Å². The maximum absolute atomic E-state index is 13.9. The number of alkyl halides is 5. The Balaban J connectivity index is 2.30. The van der Waals surface area contributed by atoms with Gasteiger partial charge in [-0.2, -0.15) is 13.2 Å². The minimum absolute atomic E-state index is 0.0239. The number of hydrogen-bond donors (Lipinski definition) is 1. The van der Waals surface area contributed by atoms with Crippen LogP contribution in [0.1, 0.15) is 53.5 Å². The topological polar surface area (TPSA) is 75.3 Å². The number of ether oxygens (including phenoxy) is 1. The van der Waals surface area contributed by atoms with Crippen LogP contribution in [-0.2, 0) is 10.9 Å². The Morgan fingerprint density at radius 3 is 2.55 bits per heavy atom. The lowest BCUT2D eigenvalue weighted by molar-refractivity contribution is -0.141. The molecule has 11 heteroatoms. The van der Waals surface area contributed by atoms with Gasteiger partial charge in [-0.25, -0.2) is 18.6 Å². The first-order chi connectivity index (χ1) is 15.3. The van der Waals surface area contributed by atoms with Crippen molar-refractivity contribution in [1.29, 1.82) is 0 Å². The van der Waals surface area contributed by atoms with Crippen molar-refractivity contribution in [3.63, 3.8) is 0 Å². The normalized spacial score (nSPS) is 16.4. The molecule has 0 unspecified atom stereocenters. The number of nitrogens with zero attached hydrogens (tertiary/aromatic N) is 2. The smallest absolute Gasteiger partial charge is 0.433 e. The number of carbonyl (C=O) groups excluding carboxylic acids is 1. The third-order valence-electron chi connectivity index (χ3n) is 5.39. The van der Waals surface area contributed by atoms with Gasteiger partial charge in [-0.05, 0) is 38.8 Å². The van der Waals surface area contributed by atoms with Crippen molar-refractivity contribution in [3.8, 4) is 11.3 Å². The minimum Gasteiger partial charge on any atom is -0.462 e. The Kier molecular flexibility index (Phi) is 6.80. The number of rotatable bonds is 4. The predicted molar refractivity (Wildman–Crippen MR) is 112 cm³/mol. The molecule has 3 rings (SSSR count). The van der Waals surface area contributed by atoms with Gasteiger partial charge in [0.15, 0.2) is 5.43 Å². The molecule has 2 aromatic heterocycles. The second-order valence-corrected chi connectivity index (χ2v) is 8.01. The van der Waals surface area contributed by atoms with Crippen LogP contribution in [0.5, 0.6) is 0 Å². The van der Waals surface area contributed by atoms with E-state index in [4.69, 9.17) is 4.74 Å². The van der Waals surface area contributed by atoms with Crippen molar-refractivity contribution in [2.45, 2.75) is 52.1 Å². The number of pyridine rings is 2. The second kappa shape index (κ2) is 9.11. The first-order valence-corrected chi connectivity index (χ1v) is 10.5. The SMILES string of the molecule is CCOC(=O)c1c(-c2cc(C)c(C(F)(F)F)nc2N2CCCC(F)(F)CC2)[nH]c(C)cc1=O. The van der Waals surface area contributed by atoms with Crippen molar-refractivity contribution in [2.75, 3.05) is 24.6 Å². The lowest BCUT2D eigenvalue weighted by atomic mass is 10.0. The molecule has 0 aromatic carbocycles. The molecule has 1 fully saturated rings. The van der Waals surface area contributed by atoms with Gasteiger partial charge in [-0.15, -0.1) is 0 Å². The molecule has 0 aliphatic carbocycles. The van der Waals surface area contributed by atoms with Crippen molar-refractivity contribution < 1.29 is 31.5 Å². The van der Waals surface area contributed by atoms with Gasteiger partial charge in [-0.1, -0.05) is 0 Å². The molecule has 2 aromatic rings. The summed E-state index contributed by atoms with van der Waals surface area (Å²) in [5.74, 6) is -4.11. The molecule has 0 spiro atoms. The molecular weight excluding hydrogens is 449 g/mol. The number of esters is 1. The van der Waals surface area contributed by atoms with Crippen LogP contribution in [0.2, 0.25) is 0 Å². The molecule has 0 saturated carbocycles. The maximum Gasteiger partial charge on any atom is 0.433 e. The quantitative estimate of drug-likeness (QED) is 0.506. The fourth-order valence-electron chi connectivity index (χ4n) is 3.89. The average Bonchev–Trinajstić information content (AvgIpc) is 2.86. The van der Waals surface area contributed by atoms with Gasteiger partial charge < -0.3 is 14.6 Å². The highest BCUT2D eigenvalue weighted by atomic mass is 19.4. The van der Waals surface area contributed by atoms with Crippen LogP contribution in [0.25, 0.3) is 11.3 Å². The van der Waals surface area contributed by atoms with Gasteiger partial charge in [0.2, 0.25) is 5.92 Å². The summed E-state index contributed by atoms with van der Waals surface area (Å²) in [6, 6.07) is 2.34. The first kappa shape index (κ1) is 24.7. The molecule has 6 nitrogen and oxygen atoms in total. The Bertz CT molecular complexity index is 1110. The molecule has 1 aliphatic heterocycles. The number of aromatic nitrogens is 2. The van der Waals surface area contributed by atoms with Crippen molar-refractivity contribution in [2.24, 2.45) is 0 Å². The summed E-state index contributed by atoms with van der Waals surface area (Å²) in [4.78, 5) is 33.3. The van der Waals surface area contributed by atoms with E-state index in [2.05, 4.69) is 9.97 Å². The van der Waals surface area contributed by atoms with E-state index in [1.54, 1.807) is 13.8 Å². The standard InChI is InChI=1S/C22H24F5N3O3/c1-4-33-20(32)16-15(31)11-13(3)28-17(16)14-10-12(2)18(22(25,26)27)29-19(14)30-8-5-6-21(23,24)7-9-30/h10-11H,4-9H2,1-3H3,(H,28,31). The van der Waals surface area contributed by atoms with Crippen LogP contribution >= 0.6 is 0 Å². The van der Waals surface area contributed by atoms with Gasteiger partial charge in [-0.3, -0.25) is 4.79 Å².